The molecule has 0 aliphatic carbocycles. The fraction of sp³-hybridized carbons (Fsp3) is 0.667. The summed E-state index contributed by atoms with van der Waals surface area (Å²) in [6.07, 6.45) is 1.85. The molecule has 1 aromatic heterocycles. The van der Waals surface area contributed by atoms with Gasteiger partial charge in [-0.05, 0) is 32.6 Å². The first kappa shape index (κ1) is 13.5. The van der Waals surface area contributed by atoms with E-state index in [0.717, 1.165) is 29.6 Å². The van der Waals surface area contributed by atoms with Gasteiger partial charge in [0, 0.05) is 18.3 Å². The topological polar surface area (TPSA) is 37.8 Å². The van der Waals surface area contributed by atoms with Crippen LogP contribution in [-0.4, -0.2) is 21.3 Å². The van der Waals surface area contributed by atoms with Crippen LogP contribution >= 0.6 is 11.8 Å². The quantitative estimate of drug-likeness (QED) is 0.857. The Labute approximate surface area is 102 Å². The third-order valence-corrected chi connectivity index (χ3v) is 2.87. The van der Waals surface area contributed by atoms with Gasteiger partial charge in [-0.1, -0.05) is 6.92 Å². The molecule has 0 aliphatic heterocycles. The number of hydrogen-bond acceptors (Lipinski definition) is 4. The third kappa shape index (κ3) is 5.47. The van der Waals surface area contributed by atoms with Crippen LogP contribution in [0.4, 0.5) is 0 Å². The molecule has 1 aromatic rings. The summed E-state index contributed by atoms with van der Waals surface area (Å²) in [6.45, 7) is 9.41. The average Bonchev–Trinajstić information content (AvgIpc) is 2.23. The van der Waals surface area contributed by atoms with Crippen LogP contribution in [-0.2, 0) is 12.3 Å². The van der Waals surface area contributed by atoms with Crippen molar-refractivity contribution in [2.45, 2.75) is 45.5 Å². The molecule has 0 aromatic carbocycles. The molecule has 1 heterocycles. The van der Waals surface area contributed by atoms with Crippen molar-refractivity contribution in [1.82, 2.24) is 15.3 Å². The lowest BCUT2D eigenvalue weighted by Gasteiger charge is -2.20. The highest BCUT2D eigenvalue weighted by molar-refractivity contribution is 7.98. The SMILES string of the molecule is CCSCc1nccc(CNC(C)(C)C)n1. The minimum Gasteiger partial charge on any atom is -0.306 e. The summed E-state index contributed by atoms with van der Waals surface area (Å²) in [5.74, 6) is 2.94. The van der Waals surface area contributed by atoms with Crippen LogP contribution in [0.3, 0.4) is 0 Å². The maximum Gasteiger partial charge on any atom is 0.138 e. The summed E-state index contributed by atoms with van der Waals surface area (Å²) in [4.78, 5) is 8.78. The number of hydrogen-bond donors (Lipinski definition) is 1. The minimum atomic E-state index is 0.128. The van der Waals surface area contributed by atoms with Crippen molar-refractivity contribution in [2.75, 3.05) is 5.75 Å². The molecule has 0 atom stereocenters. The lowest BCUT2D eigenvalue weighted by molar-refractivity contribution is 0.421. The molecule has 0 fully saturated rings. The van der Waals surface area contributed by atoms with Gasteiger partial charge in [0.1, 0.15) is 5.82 Å². The first-order valence-corrected chi connectivity index (χ1v) is 6.80. The smallest absolute Gasteiger partial charge is 0.138 e. The Morgan fingerprint density at radius 3 is 2.75 bits per heavy atom. The monoisotopic (exact) mass is 239 g/mol. The van der Waals surface area contributed by atoms with Crippen LogP contribution in [0.25, 0.3) is 0 Å². The molecule has 3 nitrogen and oxygen atoms in total. The lowest BCUT2D eigenvalue weighted by atomic mass is 10.1. The van der Waals surface area contributed by atoms with E-state index in [1.54, 1.807) is 0 Å². The van der Waals surface area contributed by atoms with Crippen LogP contribution in [0.1, 0.15) is 39.2 Å². The highest BCUT2D eigenvalue weighted by Gasteiger charge is 2.09. The summed E-state index contributed by atoms with van der Waals surface area (Å²) < 4.78 is 0. The third-order valence-electron chi connectivity index (χ3n) is 2.00. The highest BCUT2D eigenvalue weighted by Crippen LogP contribution is 2.08. The lowest BCUT2D eigenvalue weighted by Crippen LogP contribution is -2.35. The van der Waals surface area contributed by atoms with Crippen molar-refractivity contribution in [3.05, 3.63) is 23.8 Å². The molecule has 0 saturated carbocycles. The average molecular weight is 239 g/mol. The highest BCUT2D eigenvalue weighted by atomic mass is 32.2. The molecule has 0 spiro atoms. The second kappa shape index (κ2) is 6.21. The molecule has 0 unspecified atom stereocenters. The molecular formula is C12H21N3S. The first-order chi connectivity index (χ1) is 7.51. The zero-order valence-corrected chi connectivity index (χ0v) is 11.4. The Morgan fingerprint density at radius 2 is 2.12 bits per heavy atom. The normalized spacial score (nSPS) is 11.8. The Bertz CT molecular complexity index is 320. The first-order valence-electron chi connectivity index (χ1n) is 5.65. The van der Waals surface area contributed by atoms with Crippen LogP contribution in [0.5, 0.6) is 0 Å². The van der Waals surface area contributed by atoms with E-state index in [-0.39, 0.29) is 5.54 Å². The zero-order valence-electron chi connectivity index (χ0n) is 10.6. The van der Waals surface area contributed by atoms with Crippen molar-refractivity contribution in [3.8, 4) is 0 Å². The van der Waals surface area contributed by atoms with Gasteiger partial charge in [-0.3, -0.25) is 0 Å². The van der Waals surface area contributed by atoms with E-state index < -0.39 is 0 Å². The Hall–Kier alpha value is -0.610. The van der Waals surface area contributed by atoms with Crippen LogP contribution in [0, 0.1) is 0 Å². The van der Waals surface area contributed by atoms with Gasteiger partial charge < -0.3 is 5.32 Å². The van der Waals surface area contributed by atoms with Crippen LogP contribution in [0.15, 0.2) is 12.3 Å². The molecule has 4 heteroatoms. The molecule has 0 bridgehead atoms. The van der Waals surface area contributed by atoms with E-state index in [1.807, 2.05) is 24.0 Å². The molecular weight excluding hydrogens is 218 g/mol. The predicted octanol–water partition coefficient (Wildman–Crippen LogP) is 2.62. The van der Waals surface area contributed by atoms with Crippen LogP contribution in [0.2, 0.25) is 0 Å². The number of aromatic nitrogens is 2. The standard InChI is InChI=1S/C12H21N3S/c1-5-16-9-11-13-7-6-10(15-11)8-14-12(2,3)4/h6-7,14H,5,8-9H2,1-4H3. The molecule has 0 amide bonds. The second-order valence-electron chi connectivity index (χ2n) is 4.70. The summed E-state index contributed by atoms with van der Waals surface area (Å²) in [6, 6.07) is 1.97. The van der Waals surface area contributed by atoms with Crippen molar-refractivity contribution in [2.24, 2.45) is 0 Å². The van der Waals surface area contributed by atoms with E-state index in [9.17, 15) is 0 Å². The van der Waals surface area contributed by atoms with E-state index in [2.05, 4.69) is 43.0 Å². The van der Waals surface area contributed by atoms with Gasteiger partial charge in [-0.15, -0.1) is 0 Å². The Morgan fingerprint density at radius 1 is 1.38 bits per heavy atom. The summed E-state index contributed by atoms with van der Waals surface area (Å²) >= 11 is 1.85. The molecule has 0 aliphatic rings. The maximum atomic E-state index is 4.52. The van der Waals surface area contributed by atoms with E-state index in [0.29, 0.717) is 0 Å². The number of nitrogens with one attached hydrogen (secondary N) is 1. The molecule has 1 N–H and O–H groups in total. The number of thioether (sulfide) groups is 1. The van der Waals surface area contributed by atoms with Gasteiger partial charge >= 0.3 is 0 Å². The van der Waals surface area contributed by atoms with E-state index >= 15 is 0 Å². The molecule has 90 valence electrons. The van der Waals surface area contributed by atoms with Crippen LogP contribution < -0.4 is 5.32 Å². The largest absolute Gasteiger partial charge is 0.306 e. The minimum absolute atomic E-state index is 0.128. The summed E-state index contributed by atoms with van der Waals surface area (Å²) in [7, 11) is 0. The predicted molar refractivity (Wildman–Crippen MR) is 70.5 cm³/mol. The van der Waals surface area contributed by atoms with Gasteiger partial charge in [0.05, 0.1) is 11.4 Å². The van der Waals surface area contributed by atoms with Gasteiger partial charge in [-0.2, -0.15) is 11.8 Å². The maximum absolute atomic E-state index is 4.52. The van der Waals surface area contributed by atoms with Gasteiger partial charge in [-0.25, -0.2) is 9.97 Å². The number of rotatable bonds is 5. The van der Waals surface area contributed by atoms with Gasteiger partial charge in [0.2, 0.25) is 0 Å². The van der Waals surface area contributed by atoms with E-state index in [1.165, 1.54) is 0 Å². The van der Waals surface area contributed by atoms with Gasteiger partial charge in [0.25, 0.3) is 0 Å². The second-order valence-corrected chi connectivity index (χ2v) is 5.98. The van der Waals surface area contributed by atoms with E-state index in [4.69, 9.17) is 0 Å². The fourth-order valence-electron chi connectivity index (χ4n) is 1.16. The van der Waals surface area contributed by atoms with Crippen molar-refractivity contribution in [3.63, 3.8) is 0 Å². The summed E-state index contributed by atoms with van der Waals surface area (Å²) in [5, 5.41) is 3.42. The molecule has 0 saturated heterocycles. The Kier molecular flexibility index (Phi) is 5.22. The molecule has 1 rings (SSSR count). The van der Waals surface area contributed by atoms with Crippen molar-refractivity contribution in [1.29, 1.82) is 0 Å². The number of nitrogens with zero attached hydrogens (tertiary/aromatic N) is 2. The molecule has 16 heavy (non-hydrogen) atoms. The van der Waals surface area contributed by atoms with Gasteiger partial charge in [0.15, 0.2) is 0 Å². The van der Waals surface area contributed by atoms with Crippen molar-refractivity contribution >= 4 is 11.8 Å². The van der Waals surface area contributed by atoms with Crippen molar-refractivity contribution < 1.29 is 0 Å². The summed E-state index contributed by atoms with van der Waals surface area (Å²) in [5.41, 5.74) is 1.19. The fourth-order valence-corrected chi connectivity index (χ4v) is 1.68. The molecule has 0 radical (unpaired) electrons. The zero-order chi connectivity index (χ0) is 12.0. The Balaban J connectivity index is 2.53.